The van der Waals surface area contributed by atoms with Gasteiger partial charge in [0, 0.05) is 31.2 Å². The van der Waals surface area contributed by atoms with Gasteiger partial charge in [0.05, 0.1) is 6.20 Å². The van der Waals surface area contributed by atoms with Crippen LogP contribution in [0.1, 0.15) is 18.4 Å². The summed E-state index contributed by atoms with van der Waals surface area (Å²) in [5, 5.41) is 9.90. The minimum absolute atomic E-state index is 0.148. The summed E-state index contributed by atoms with van der Waals surface area (Å²) < 4.78 is 26.5. The molecule has 1 saturated carbocycles. The van der Waals surface area contributed by atoms with Gasteiger partial charge in [-0.2, -0.15) is 9.40 Å². The van der Waals surface area contributed by atoms with Crippen LogP contribution in [-0.2, 0) is 16.6 Å². The van der Waals surface area contributed by atoms with E-state index in [1.807, 2.05) is 0 Å². The van der Waals surface area contributed by atoms with Crippen LogP contribution in [0.3, 0.4) is 0 Å². The van der Waals surface area contributed by atoms with E-state index in [9.17, 15) is 8.42 Å². The van der Waals surface area contributed by atoms with Crippen LogP contribution in [-0.4, -0.2) is 42.1 Å². The van der Waals surface area contributed by atoms with Crippen molar-refractivity contribution in [2.75, 3.05) is 13.1 Å². The molecule has 0 amide bonds. The van der Waals surface area contributed by atoms with Crippen LogP contribution >= 0.6 is 0 Å². The number of aromatic amines is 1. The highest BCUT2D eigenvalue weighted by molar-refractivity contribution is 7.89. The van der Waals surface area contributed by atoms with Gasteiger partial charge in [-0.25, -0.2) is 8.42 Å². The summed E-state index contributed by atoms with van der Waals surface area (Å²) in [5.74, 6) is 0. The lowest BCUT2D eigenvalue weighted by molar-refractivity contribution is 0.469. The van der Waals surface area contributed by atoms with Crippen LogP contribution in [0.2, 0.25) is 0 Å². The van der Waals surface area contributed by atoms with Crippen molar-refractivity contribution >= 4 is 10.0 Å². The maximum absolute atomic E-state index is 12.6. The molecule has 0 aliphatic heterocycles. The van der Waals surface area contributed by atoms with Crippen LogP contribution in [0.15, 0.2) is 36.5 Å². The number of hydrogen-bond donors (Lipinski definition) is 2. The Kier molecular flexibility index (Phi) is 4.74. The van der Waals surface area contributed by atoms with Crippen molar-refractivity contribution in [2.24, 2.45) is 0 Å². The monoisotopic (exact) mass is 296 g/mol. The van der Waals surface area contributed by atoms with Crippen LogP contribution in [0.4, 0.5) is 0 Å². The second-order valence-electron chi connectivity index (χ2n) is 4.78. The van der Waals surface area contributed by atoms with Crippen LogP contribution < -0.4 is 5.32 Å². The SMILES string of the molecule is C=CCN(CC=C)S(=O)(=O)c1[nH]ncc1CNC1CC1. The molecule has 1 fully saturated rings. The summed E-state index contributed by atoms with van der Waals surface area (Å²) >= 11 is 0. The fourth-order valence-electron chi connectivity index (χ4n) is 1.88. The highest BCUT2D eigenvalue weighted by Gasteiger charge is 2.28. The molecule has 1 heterocycles. The van der Waals surface area contributed by atoms with E-state index >= 15 is 0 Å². The van der Waals surface area contributed by atoms with E-state index in [4.69, 9.17) is 0 Å². The van der Waals surface area contributed by atoms with Crippen LogP contribution in [0, 0.1) is 0 Å². The third kappa shape index (κ3) is 3.36. The van der Waals surface area contributed by atoms with E-state index in [0.29, 0.717) is 18.2 Å². The zero-order chi connectivity index (χ0) is 14.6. The van der Waals surface area contributed by atoms with Crippen LogP contribution in [0.25, 0.3) is 0 Å². The minimum atomic E-state index is -3.61. The summed E-state index contributed by atoms with van der Waals surface area (Å²) in [5.41, 5.74) is 0.662. The quantitative estimate of drug-likeness (QED) is 0.667. The molecule has 0 saturated heterocycles. The van der Waals surface area contributed by atoms with Gasteiger partial charge in [0.25, 0.3) is 10.0 Å². The predicted octanol–water partition coefficient (Wildman–Crippen LogP) is 1.02. The summed E-state index contributed by atoms with van der Waals surface area (Å²) in [6.45, 7) is 8.16. The molecule has 6 nitrogen and oxygen atoms in total. The third-order valence-corrected chi connectivity index (χ3v) is 4.95. The number of nitrogens with zero attached hydrogens (tertiary/aromatic N) is 2. The topological polar surface area (TPSA) is 78.1 Å². The van der Waals surface area contributed by atoms with Crippen molar-refractivity contribution in [2.45, 2.75) is 30.5 Å². The molecule has 0 aromatic carbocycles. The molecule has 20 heavy (non-hydrogen) atoms. The molecule has 0 atom stereocenters. The number of sulfonamides is 1. The van der Waals surface area contributed by atoms with E-state index in [0.717, 1.165) is 12.8 Å². The minimum Gasteiger partial charge on any atom is -0.310 e. The first-order chi connectivity index (χ1) is 9.59. The number of H-pyrrole nitrogens is 1. The molecule has 1 aliphatic rings. The summed E-state index contributed by atoms with van der Waals surface area (Å²) in [6.07, 6.45) is 6.97. The van der Waals surface area contributed by atoms with Gasteiger partial charge in [-0.1, -0.05) is 12.2 Å². The zero-order valence-corrected chi connectivity index (χ0v) is 12.2. The van der Waals surface area contributed by atoms with Gasteiger partial charge >= 0.3 is 0 Å². The van der Waals surface area contributed by atoms with Crippen molar-refractivity contribution in [3.8, 4) is 0 Å². The highest BCUT2D eigenvalue weighted by atomic mass is 32.2. The van der Waals surface area contributed by atoms with Crippen molar-refractivity contribution in [3.05, 3.63) is 37.1 Å². The second kappa shape index (κ2) is 6.34. The van der Waals surface area contributed by atoms with E-state index in [1.165, 1.54) is 4.31 Å². The maximum atomic E-state index is 12.6. The van der Waals surface area contributed by atoms with E-state index in [2.05, 4.69) is 28.7 Å². The normalized spacial score (nSPS) is 15.4. The van der Waals surface area contributed by atoms with Gasteiger partial charge < -0.3 is 5.32 Å². The first-order valence-electron chi connectivity index (χ1n) is 6.57. The molecule has 0 spiro atoms. The largest absolute Gasteiger partial charge is 0.310 e. The summed E-state index contributed by atoms with van der Waals surface area (Å²) in [4.78, 5) is 0. The lowest BCUT2D eigenvalue weighted by Gasteiger charge is -2.18. The van der Waals surface area contributed by atoms with Gasteiger partial charge in [0.1, 0.15) is 0 Å². The van der Waals surface area contributed by atoms with Gasteiger partial charge in [-0.15, -0.1) is 13.2 Å². The number of rotatable bonds is 9. The molecule has 1 aromatic heterocycles. The Morgan fingerprint density at radius 2 is 2.05 bits per heavy atom. The van der Waals surface area contributed by atoms with Gasteiger partial charge in [0.15, 0.2) is 5.03 Å². The fraction of sp³-hybridized carbons (Fsp3) is 0.462. The number of hydrogen-bond acceptors (Lipinski definition) is 4. The van der Waals surface area contributed by atoms with Gasteiger partial charge in [0.2, 0.25) is 0 Å². The molecule has 110 valence electrons. The Morgan fingerprint density at radius 3 is 2.60 bits per heavy atom. The summed E-state index contributed by atoms with van der Waals surface area (Å²) in [6, 6.07) is 0.512. The standard InChI is InChI=1S/C13H20N4O2S/c1-3-7-17(8-4-2)20(18,19)13-11(10-15-16-13)9-14-12-5-6-12/h3-4,10,12,14H,1-2,5-9H2,(H,15,16). The Bertz CT molecular complexity index is 565. The molecular weight excluding hydrogens is 276 g/mol. The van der Waals surface area contributed by atoms with Crippen molar-refractivity contribution in [3.63, 3.8) is 0 Å². The lowest BCUT2D eigenvalue weighted by atomic mass is 10.3. The lowest BCUT2D eigenvalue weighted by Crippen LogP contribution is -2.32. The van der Waals surface area contributed by atoms with E-state index in [-0.39, 0.29) is 18.1 Å². The second-order valence-corrected chi connectivity index (χ2v) is 6.65. The Balaban J connectivity index is 2.20. The predicted molar refractivity (Wildman–Crippen MR) is 77.6 cm³/mol. The Hall–Kier alpha value is -1.44. The summed E-state index contributed by atoms with van der Waals surface area (Å²) in [7, 11) is -3.61. The van der Waals surface area contributed by atoms with E-state index in [1.54, 1.807) is 18.3 Å². The van der Waals surface area contributed by atoms with Crippen molar-refractivity contribution in [1.29, 1.82) is 0 Å². The van der Waals surface area contributed by atoms with Gasteiger partial charge in [-0.3, -0.25) is 5.10 Å². The molecule has 0 unspecified atom stereocenters. The van der Waals surface area contributed by atoms with Gasteiger partial charge in [-0.05, 0) is 12.8 Å². The zero-order valence-electron chi connectivity index (χ0n) is 11.4. The molecule has 2 N–H and O–H groups in total. The Labute approximate surface area is 119 Å². The first kappa shape index (κ1) is 15.0. The molecule has 1 aliphatic carbocycles. The van der Waals surface area contributed by atoms with Crippen LogP contribution in [0.5, 0.6) is 0 Å². The average molecular weight is 296 g/mol. The molecule has 0 radical (unpaired) electrons. The third-order valence-electron chi connectivity index (χ3n) is 3.10. The molecule has 1 aromatic rings. The first-order valence-corrected chi connectivity index (χ1v) is 8.01. The van der Waals surface area contributed by atoms with Crippen molar-refractivity contribution < 1.29 is 8.42 Å². The number of aromatic nitrogens is 2. The molecular formula is C13H20N4O2S. The fourth-order valence-corrected chi connectivity index (χ4v) is 3.36. The maximum Gasteiger partial charge on any atom is 0.260 e. The molecule has 2 rings (SSSR count). The smallest absolute Gasteiger partial charge is 0.260 e. The Morgan fingerprint density at radius 1 is 1.40 bits per heavy atom. The molecule has 0 bridgehead atoms. The average Bonchev–Trinajstić information content (AvgIpc) is 3.12. The van der Waals surface area contributed by atoms with E-state index < -0.39 is 10.0 Å². The molecule has 7 heteroatoms. The number of nitrogens with one attached hydrogen (secondary N) is 2. The van der Waals surface area contributed by atoms with Crippen molar-refractivity contribution in [1.82, 2.24) is 19.8 Å². The highest BCUT2D eigenvalue weighted by Crippen LogP contribution is 2.22.